The third-order valence-corrected chi connectivity index (χ3v) is 2.71. The zero-order chi connectivity index (χ0) is 13.4. The lowest BCUT2D eigenvalue weighted by Gasteiger charge is -2.01. The molecule has 10 heteroatoms. The number of halogens is 2. The summed E-state index contributed by atoms with van der Waals surface area (Å²) in [6, 6.07) is 2.19. The van der Waals surface area contributed by atoms with Crippen molar-refractivity contribution in [1.29, 1.82) is 0 Å². The molecule has 1 aromatic heterocycles. The van der Waals surface area contributed by atoms with E-state index in [1.165, 1.54) is 6.07 Å². The summed E-state index contributed by atoms with van der Waals surface area (Å²) in [5.41, 5.74) is -1.66. The number of hydrogen-bond donors (Lipinski definition) is 0. The molecule has 2 rings (SSSR count). The molecule has 8 nitrogen and oxygen atoms in total. The van der Waals surface area contributed by atoms with Crippen LogP contribution in [0, 0.1) is 20.2 Å². The van der Waals surface area contributed by atoms with E-state index in [4.69, 9.17) is 23.2 Å². The van der Waals surface area contributed by atoms with Crippen molar-refractivity contribution in [1.82, 2.24) is 9.97 Å². The summed E-state index contributed by atoms with van der Waals surface area (Å²) < 4.78 is 0. The third-order valence-electron chi connectivity index (χ3n) is 2.09. The summed E-state index contributed by atoms with van der Waals surface area (Å²) >= 11 is 11.2. The largest absolute Gasteiger partial charge is 0.373 e. The van der Waals surface area contributed by atoms with Gasteiger partial charge >= 0.3 is 11.4 Å². The highest BCUT2D eigenvalue weighted by Gasteiger charge is 2.29. The highest BCUT2D eigenvalue weighted by Crippen LogP contribution is 2.34. The Kier molecular flexibility index (Phi) is 2.97. The van der Waals surface area contributed by atoms with E-state index >= 15 is 0 Å². The van der Waals surface area contributed by atoms with Crippen LogP contribution in [0.4, 0.5) is 11.4 Å². The van der Waals surface area contributed by atoms with Crippen LogP contribution in [0.15, 0.2) is 12.1 Å². The molecule has 0 spiro atoms. The molecule has 0 bridgehead atoms. The van der Waals surface area contributed by atoms with Gasteiger partial charge in [-0.15, -0.1) is 0 Å². The van der Waals surface area contributed by atoms with Gasteiger partial charge in [0.1, 0.15) is 0 Å². The monoisotopic (exact) mass is 288 g/mol. The van der Waals surface area contributed by atoms with E-state index in [0.29, 0.717) is 0 Å². The molecule has 1 heterocycles. The number of nitro groups is 2. The van der Waals surface area contributed by atoms with Gasteiger partial charge in [0.25, 0.3) is 0 Å². The second kappa shape index (κ2) is 4.31. The highest BCUT2D eigenvalue weighted by molar-refractivity contribution is 6.40. The average molecular weight is 289 g/mol. The van der Waals surface area contributed by atoms with Crippen LogP contribution in [0.3, 0.4) is 0 Å². The molecule has 2 aromatic rings. The average Bonchev–Trinajstić information content (AvgIpc) is 2.28. The van der Waals surface area contributed by atoms with Crippen molar-refractivity contribution in [2.75, 3.05) is 0 Å². The zero-order valence-corrected chi connectivity index (χ0v) is 9.84. The standard InChI is InChI=1S/C8H2Cl2N4O4/c9-7-8(10)12-5-3(11-7)1-2-4(13(15)16)6(5)14(17)18/h1-2H. The van der Waals surface area contributed by atoms with Gasteiger partial charge in [0, 0.05) is 6.07 Å². The fourth-order valence-electron chi connectivity index (χ4n) is 1.38. The Morgan fingerprint density at radius 1 is 1.00 bits per heavy atom. The van der Waals surface area contributed by atoms with Crippen LogP contribution < -0.4 is 0 Å². The number of benzene rings is 1. The van der Waals surface area contributed by atoms with Gasteiger partial charge in [0.05, 0.1) is 15.4 Å². The van der Waals surface area contributed by atoms with Gasteiger partial charge < -0.3 is 0 Å². The van der Waals surface area contributed by atoms with E-state index in [2.05, 4.69) is 9.97 Å². The molecular weight excluding hydrogens is 287 g/mol. The Morgan fingerprint density at radius 3 is 2.17 bits per heavy atom. The minimum absolute atomic E-state index is 0.0571. The third kappa shape index (κ3) is 1.91. The van der Waals surface area contributed by atoms with Crippen LogP contribution in [-0.4, -0.2) is 19.8 Å². The Bertz CT molecular complexity index is 690. The van der Waals surface area contributed by atoms with E-state index in [9.17, 15) is 20.2 Å². The lowest BCUT2D eigenvalue weighted by atomic mass is 10.2. The normalized spacial score (nSPS) is 10.6. The number of rotatable bonds is 2. The van der Waals surface area contributed by atoms with Crippen molar-refractivity contribution in [2.24, 2.45) is 0 Å². The highest BCUT2D eigenvalue weighted by atomic mass is 35.5. The van der Waals surface area contributed by atoms with E-state index < -0.39 is 21.2 Å². The Hall–Kier alpha value is -2.06. The second-order valence-corrected chi connectivity index (χ2v) is 3.84. The van der Waals surface area contributed by atoms with Crippen molar-refractivity contribution in [3.63, 3.8) is 0 Å². The first-order valence-corrected chi connectivity index (χ1v) is 5.12. The molecule has 0 fully saturated rings. The van der Waals surface area contributed by atoms with Gasteiger partial charge in [-0.3, -0.25) is 20.2 Å². The first-order chi connectivity index (χ1) is 8.41. The molecule has 0 aliphatic rings. The molecule has 0 saturated carbocycles. The maximum atomic E-state index is 10.9. The van der Waals surface area contributed by atoms with E-state index in [1.807, 2.05) is 0 Å². The van der Waals surface area contributed by atoms with Crippen LogP contribution >= 0.6 is 23.2 Å². The molecule has 0 aliphatic heterocycles. The zero-order valence-electron chi connectivity index (χ0n) is 8.33. The topological polar surface area (TPSA) is 112 Å². The minimum Gasteiger partial charge on any atom is -0.258 e. The van der Waals surface area contributed by atoms with E-state index in [1.54, 1.807) is 0 Å². The van der Waals surface area contributed by atoms with Crippen molar-refractivity contribution in [3.8, 4) is 0 Å². The van der Waals surface area contributed by atoms with Crippen LogP contribution in [0.25, 0.3) is 11.0 Å². The van der Waals surface area contributed by atoms with E-state index in [0.717, 1.165) is 6.07 Å². The second-order valence-electron chi connectivity index (χ2n) is 3.12. The van der Waals surface area contributed by atoms with Crippen LogP contribution in [0.1, 0.15) is 0 Å². The summed E-state index contributed by atoms with van der Waals surface area (Å²) in [4.78, 5) is 27.3. The molecule has 0 N–H and O–H groups in total. The van der Waals surface area contributed by atoms with Gasteiger partial charge in [-0.25, -0.2) is 9.97 Å². The number of hydrogen-bond acceptors (Lipinski definition) is 6. The lowest BCUT2D eigenvalue weighted by molar-refractivity contribution is -0.421. The summed E-state index contributed by atoms with van der Waals surface area (Å²) in [5, 5.41) is 21.2. The summed E-state index contributed by atoms with van der Waals surface area (Å²) in [6.45, 7) is 0. The first kappa shape index (κ1) is 12.4. The molecule has 0 amide bonds. The van der Waals surface area contributed by atoms with Crippen molar-refractivity contribution in [3.05, 3.63) is 42.7 Å². The van der Waals surface area contributed by atoms with Crippen molar-refractivity contribution < 1.29 is 9.85 Å². The maximum Gasteiger partial charge on any atom is 0.373 e. The molecule has 92 valence electrons. The van der Waals surface area contributed by atoms with Gasteiger partial charge in [0.15, 0.2) is 15.8 Å². The maximum absolute atomic E-state index is 10.9. The van der Waals surface area contributed by atoms with Crippen LogP contribution in [0.2, 0.25) is 10.3 Å². The van der Waals surface area contributed by atoms with Gasteiger partial charge in [-0.05, 0) is 6.07 Å². The fourth-order valence-corrected chi connectivity index (χ4v) is 1.64. The quantitative estimate of drug-likeness (QED) is 0.620. The molecule has 0 aliphatic carbocycles. The molecule has 0 unspecified atom stereocenters. The number of fused-ring (bicyclic) bond motifs is 1. The van der Waals surface area contributed by atoms with Gasteiger partial charge in [-0.2, -0.15) is 0 Å². The molecule has 18 heavy (non-hydrogen) atoms. The molecular formula is C8H2Cl2N4O4. The van der Waals surface area contributed by atoms with Crippen LogP contribution in [0.5, 0.6) is 0 Å². The fraction of sp³-hybridized carbons (Fsp3) is 0. The lowest BCUT2D eigenvalue weighted by Crippen LogP contribution is -2.00. The summed E-state index contributed by atoms with van der Waals surface area (Å²) in [6.07, 6.45) is 0. The van der Waals surface area contributed by atoms with Crippen molar-refractivity contribution >= 4 is 45.6 Å². The number of nitrogens with zero attached hydrogens (tertiary/aromatic N) is 4. The van der Waals surface area contributed by atoms with Crippen molar-refractivity contribution in [2.45, 2.75) is 0 Å². The summed E-state index contributed by atoms with van der Waals surface area (Å²) in [7, 11) is 0. The Labute approximate surface area is 108 Å². The number of aromatic nitrogens is 2. The summed E-state index contributed by atoms with van der Waals surface area (Å²) in [5.74, 6) is 0. The SMILES string of the molecule is O=[N+]([O-])c1ccc2nc(Cl)c(Cl)nc2c1[N+](=O)[O-]. The smallest absolute Gasteiger partial charge is 0.258 e. The van der Waals surface area contributed by atoms with Gasteiger partial charge in [0.2, 0.25) is 0 Å². The minimum atomic E-state index is -0.903. The van der Waals surface area contributed by atoms with E-state index in [-0.39, 0.29) is 21.3 Å². The molecule has 0 radical (unpaired) electrons. The van der Waals surface area contributed by atoms with Gasteiger partial charge in [-0.1, -0.05) is 23.2 Å². The predicted octanol–water partition coefficient (Wildman–Crippen LogP) is 2.75. The molecule has 0 saturated heterocycles. The Morgan fingerprint density at radius 2 is 1.61 bits per heavy atom. The number of nitro benzene ring substituents is 2. The first-order valence-electron chi connectivity index (χ1n) is 4.36. The molecule has 0 atom stereocenters. The predicted molar refractivity (Wildman–Crippen MR) is 62.9 cm³/mol. The Balaban J connectivity index is 2.94. The van der Waals surface area contributed by atoms with Crippen LogP contribution in [-0.2, 0) is 0 Å². The molecule has 1 aromatic carbocycles.